The molecule has 0 amide bonds. The van der Waals surface area contributed by atoms with Gasteiger partial charge in [0.15, 0.2) is 5.17 Å². The maximum Gasteiger partial charge on any atom is 0.161 e. The molecule has 0 fully saturated rings. The van der Waals surface area contributed by atoms with Gasteiger partial charge in [-0.3, -0.25) is 4.99 Å². The van der Waals surface area contributed by atoms with Crippen molar-refractivity contribution in [3.8, 4) is 0 Å². The van der Waals surface area contributed by atoms with Gasteiger partial charge in [0.05, 0.1) is 6.04 Å². The molecule has 4 heteroatoms. The largest absolute Gasteiger partial charge is 0.335 e. The van der Waals surface area contributed by atoms with Gasteiger partial charge in [0, 0.05) is 11.4 Å². The van der Waals surface area contributed by atoms with Crippen molar-refractivity contribution in [1.29, 1.82) is 0 Å². The van der Waals surface area contributed by atoms with E-state index in [1.807, 2.05) is 6.07 Å². The summed E-state index contributed by atoms with van der Waals surface area (Å²) in [7, 11) is 0. The second-order valence-electron chi connectivity index (χ2n) is 5.12. The van der Waals surface area contributed by atoms with Gasteiger partial charge in [-0.05, 0) is 43.0 Å². The lowest BCUT2D eigenvalue weighted by atomic mass is 10.1. The van der Waals surface area contributed by atoms with Crippen molar-refractivity contribution in [1.82, 2.24) is 0 Å². The third-order valence-electron chi connectivity index (χ3n) is 2.86. The number of benzene rings is 1. The van der Waals surface area contributed by atoms with Crippen molar-refractivity contribution < 1.29 is 4.39 Å². The summed E-state index contributed by atoms with van der Waals surface area (Å²) >= 11 is 1.74. The highest BCUT2D eigenvalue weighted by Crippen LogP contribution is 2.24. The molecule has 1 aromatic rings. The number of nitrogens with zero attached hydrogens (tertiary/aromatic N) is 1. The fourth-order valence-corrected chi connectivity index (χ4v) is 2.97. The zero-order chi connectivity index (χ0) is 13.1. The van der Waals surface area contributed by atoms with E-state index in [2.05, 4.69) is 24.2 Å². The van der Waals surface area contributed by atoms with Crippen LogP contribution in [0.3, 0.4) is 0 Å². The minimum atomic E-state index is -0.167. The fourth-order valence-electron chi connectivity index (χ4n) is 1.99. The van der Waals surface area contributed by atoms with E-state index in [9.17, 15) is 4.39 Å². The van der Waals surface area contributed by atoms with Crippen molar-refractivity contribution in [2.75, 3.05) is 11.1 Å². The Balaban J connectivity index is 1.99. The van der Waals surface area contributed by atoms with Gasteiger partial charge in [0.1, 0.15) is 5.82 Å². The third kappa shape index (κ3) is 3.48. The molecule has 1 atom stereocenters. The van der Waals surface area contributed by atoms with E-state index in [1.54, 1.807) is 24.8 Å². The van der Waals surface area contributed by atoms with E-state index in [-0.39, 0.29) is 5.82 Å². The number of aliphatic imine (C=N–C) groups is 1. The molecule has 0 saturated carbocycles. The quantitative estimate of drug-likeness (QED) is 0.892. The smallest absolute Gasteiger partial charge is 0.161 e. The molecule has 0 spiro atoms. The van der Waals surface area contributed by atoms with Crippen molar-refractivity contribution in [2.45, 2.75) is 33.2 Å². The van der Waals surface area contributed by atoms with E-state index in [4.69, 9.17) is 0 Å². The number of halogens is 1. The summed E-state index contributed by atoms with van der Waals surface area (Å²) in [5.74, 6) is 1.55. The van der Waals surface area contributed by atoms with Crippen LogP contribution in [0.4, 0.5) is 10.1 Å². The molecule has 1 heterocycles. The van der Waals surface area contributed by atoms with Crippen LogP contribution in [-0.4, -0.2) is 17.0 Å². The normalized spacial score (nSPS) is 19.2. The molecular weight excluding hydrogens is 247 g/mol. The van der Waals surface area contributed by atoms with Gasteiger partial charge in [-0.15, -0.1) is 0 Å². The Labute approximate surface area is 112 Å². The van der Waals surface area contributed by atoms with Gasteiger partial charge >= 0.3 is 0 Å². The fraction of sp³-hybridized carbons (Fsp3) is 0.500. The van der Waals surface area contributed by atoms with Crippen LogP contribution in [0.1, 0.15) is 25.8 Å². The van der Waals surface area contributed by atoms with Crippen molar-refractivity contribution in [3.05, 3.63) is 29.6 Å². The highest BCUT2D eigenvalue weighted by molar-refractivity contribution is 8.14. The molecule has 0 saturated heterocycles. The molecule has 1 aliphatic heterocycles. The molecule has 18 heavy (non-hydrogen) atoms. The van der Waals surface area contributed by atoms with Gasteiger partial charge < -0.3 is 5.32 Å². The van der Waals surface area contributed by atoms with Gasteiger partial charge in [-0.25, -0.2) is 4.39 Å². The molecule has 2 nitrogen and oxygen atoms in total. The standard InChI is InChI=1S/C14H19FN2S/c1-9(2)6-12-8-18-14(17-12)16-11-4-5-13(15)10(3)7-11/h4-5,7,9,12H,6,8H2,1-3H3,(H,16,17). The maximum absolute atomic E-state index is 13.2. The summed E-state index contributed by atoms with van der Waals surface area (Å²) in [5, 5.41) is 4.21. The average molecular weight is 266 g/mol. The average Bonchev–Trinajstić information content (AvgIpc) is 2.70. The third-order valence-corrected chi connectivity index (χ3v) is 3.90. The highest BCUT2D eigenvalue weighted by Gasteiger charge is 2.19. The lowest BCUT2D eigenvalue weighted by Crippen LogP contribution is -2.08. The second kappa shape index (κ2) is 5.74. The molecule has 0 bridgehead atoms. The second-order valence-corrected chi connectivity index (χ2v) is 6.13. The van der Waals surface area contributed by atoms with Crippen molar-refractivity contribution >= 4 is 22.6 Å². The molecule has 98 valence electrons. The molecule has 0 radical (unpaired) electrons. The zero-order valence-corrected chi connectivity index (χ0v) is 11.9. The summed E-state index contributed by atoms with van der Waals surface area (Å²) in [6.07, 6.45) is 1.13. The van der Waals surface area contributed by atoms with Gasteiger partial charge in [0.2, 0.25) is 0 Å². The summed E-state index contributed by atoms with van der Waals surface area (Å²) in [6.45, 7) is 6.20. The highest BCUT2D eigenvalue weighted by atomic mass is 32.2. The number of nitrogens with one attached hydrogen (secondary N) is 1. The first kappa shape index (κ1) is 13.4. The first-order valence-corrected chi connectivity index (χ1v) is 7.27. The van der Waals surface area contributed by atoms with Crippen molar-refractivity contribution in [2.24, 2.45) is 10.9 Å². The summed E-state index contributed by atoms with van der Waals surface area (Å²) in [5.41, 5.74) is 1.56. The Bertz CT molecular complexity index is 457. The van der Waals surface area contributed by atoms with Crippen LogP contribution in [-0.2, 0) is 0 Å². The maximum atomic E-state index is 13.2. The van der Waals surface area contributed by atoms with Crippen LogP contribution in [0, 0.1) is 18.7 Å². The minimum Gasteiger partial charge on any atom is -0.335 e. The monoisotopic (exact) mass is 266 g/mol. The van der Waals surface area contributed by atoms with Crippen molar-refractivity contribution in [3.63, 3.8) is 0 Å². The summed E-state index contributed by atoms with van der Waals surface area (Å²) in [4.78, 5) is 4.65. The van der Waals surface area contributed by atoms with Crippen LogP contribution in [0.25, 0.3) is 0 Å². The molecule has 1 aliphatic rings. The molecule has 0 aliphatic carbocycles. The SMILES string of the molecule is Cc1cc(NC2=NC(CC(C)C)CS2)ccc1F. The number of rotatable bonds is 3. The Morgan fingerprint density at radius 2 is 2.28 bits per heavy atom. The predicted molar refractivity (Wildman–Crippen MR) is 77.9 cm³/mol. The van der Waals surface area contributed by atoms with Crippen LogP contribution < -0.4 is 5.32 Å². The molecular formula is C14H19FN2S. The van der Waals surface area contributed by atoms with Gasteiger partial charge in [-0.1, -0.05) is 25.6 Å². The number of hydrogen-bond donors (Lipinski definition) is 1. The Morgan fingerprint density at radius 1 is 1.50 bits per heavy atom. The van der Waals surface area contributed by atoms with Crippen LogP contribution in [0.15, 0.2) is 23.2 Å². The first-order chi connectivity index (χ1) is 8.54. The van der Waals surface area contributed by atoms with Gasteiger partial charge in [-0.2, -0.15) is 0 Å². The van der Waals surface area contributed by atoms with Gasteiger partial charge in [0.25, 0.3) is 0 Å². The zero-order valence-electron chi connectivity index (χ0n) is 11.0. The Kier molecular flexibility index (Phi) is 4.27. The van der Waals surface area contributed by atoms with Crippen LogP contribution in [0.5, 0.6) is 0 Å². The van der Waals surface area contributed by atoms with Crippen LogP contribution in [0.2, 0.25) is 0 Å². The summed E-state index contributed by atoms with van der Waals surface area (Å²) < 4.78 is 13.2. The van der Waals surface area contributed by atoms with E-state index < -0.39 is 0 Å². The van der Waals surface area contributed by atoms with E-state index in [0.717, 1.165) is 23.0 Å². The lowest BCUT2D eigenvalue weighted by Gasteiger charge is -2.07. The molecule has 0 aromatic heterocycles. The van der Waals surface area contributed by atoms with Crippen LogP contribution >= 0.6 is 11.8 Å². The first-order valence-electron chi connectivity index (χ1n) is 6.28. The number of thioether (sulfide) groups is 1. The molecule has 1 N–H and O–H groups in total. The molecule has 2 rings (SSSR count). The number of hydrogen-bond acceptors (Lipinski definition) is 3. The Morgan fingerprint density at radius 3 is 2.94 bits per heavy atom. The van der Waals surface area contributed by atoms with E-state index in [0.29, 0.717) is 17.5 Å². The van der Waals surface area contributed by atoms with E-state index >= 15 is 0 Å². The lowest BCUT2D eigenvalue weighted by molar-refractivity contribution is 0.529. The Hall–Kier alpha value is -1.03. The van der Waals surface area contributed by atoms with E-state index in [1.165, 1.54) is 6.07 Å². The number of anilines is 1. The topological polar surface area (TPSA) is 24.4 Å². The number of amidine groups is 1. The number of aryl methyl sites for hydroxylation is 1. The summed E-state index contributed by atoms with van der Waals surface area (Å²) in [6, 6.07) is 5.47. The minimum absolute atomic E-state index is 0.167. The predicted octanol–water partition coefficient (Wildman–Crippen LogP) is 4.06. The molecule has 1 unspecified atom stereocenters. The molecule has 1 aromatic carbocycles.